The Morgan fingerprint density at radius 3 is 2.73 bits per heavy atom. The lowest BCUT2D eigenvalue weighted by molar-refractivity contribution is -0.145. The largest absolute Gasteiger partial charge is 0.383 e. The number of anilines is 2. The summed E-state index contributed by atoms with van der Waals surface area (Å²) in [5.41, 5.74) is 6.71. The minimum Gasteiger partial charge on any atom is -0.383 e. The van der Waals surface area contributed by atoms with Crippen LogP contribution < -0.4 is 11.1 Å². The molecule has 8 heteroatoms. The fraction of sp³-hybridized carbons (Fsp3) is 0.556. The average molecular weight is 360 g/mol. The van der Waals surface area contributed by atoms with E-state index >= 15 is 0 Å². The molecule has 0 radical (unpaired) electrons. The third-order valence-electron chi connectivity index (χ3n) is 4.32. The average Bonchev–Trinajstić information content (AvgIpc) is 3.15. The Bertz CT molecular complexity index is 757. The van der Waals surface area contributed by atoms with Crippen LogP contribution in [-0.2, 0) is 9.59 Å². The van der Waals surface area contributed by atoms with Gasteiger partial charge in [0.1, 0.15) is 5.82 Å². The molecular weight excluding hydrogens is 332 g/mol. The van der Waals surface area contributed by atoms with E-state index in [-0.39, 0.29) is 6.04 Å². The van der Waals surface area contributed by atoms with Gasteiger partial charge < -0.3 is 16.0 Å². The summed E-state index contributed by atoms with van der Waals surface area (Å²) < 4.78 is 0. The van der Waals surface area contributed by atoms with E-state index in [9.17, 15) is 9.59 Å². The molecule has 0 saturated carbocycles. The summed E-state index contributed by atoms with van der Waals surface area (Å²) in [5, 5.41) is 9.89. The number of carbonyl (C=O) groups excluding carboxylic acids is 2. The van der Waals surface area contributed by atoms with Gasteiger partial charge in [-0.05, 0) is 25.7 Å². The zero-order valence-electron chi connectivity index (χ0n) is 15.7. The summed E-state index contributed by atoms with van der Waals surface area (Å²) in [6, 6.07) is 0.138. The third-order valence-corrected chi connectivity index (χ3v) is 4.32. The summed E-state index contributed by atoms with van der Waals surface area (Å²) in [6.07, 6.45) is 8.04. The van der Waals surface area contributed by atoms with Crippen molar-refractivity contribution < 1.29 is 9.59 Å². The fourth-order valence-electron chi connectivity index (χ4n) is 3.05. The van der Waals surface area contributed by atoms with Gasteiger partial charge in [0.15, 0.2) is 0 Å². The summed E-state index contributed by atoms with van der Waals surface area (Å²) in [5.74, 6) is -0.839. The van der Waals surface area contributed by atoms with E-state index in [2.05, 4.69) is 34.3 Å². The van der Waals surface area contributed by atoms with Crippen molar-refractivity contribution in [2.75, 3.05) is 17.6 Å². The second-order valence-electron chi connectivity index (χ2n) is 6.43. The summed E-state index contributed by atoms with van der Waals surface area (Å²) in [7, 11) is 0. The number of amides is 2. The number of hydrogen-bond acceptors (Lipinski definition) is 5. The van der Waals surface area contributed by atoms with Crippen molar-refractivity contribution in [1.82, 2.24) is 20.1 Å². The predicted molar refractivity (Wildman–Crippen MR) is 103 cm³/mol. The number of nitrogens with two attached hydrogens (primary N) is 1. The van der Waals surface area contributed by atoms with Crippen molar-refractivity contribution in [1.29, 1.82) is 0 Å². The molecule has 1 saturated heterocycles. The molecule has 0 aliphatic carbocycles. The van der Waals surface area contributed by atoms with Gasteiger partial charge in [-0.2, -0.15) is 5.10 Å². The molecular formula is C18H28N6O2. The second-order valence-corrected chi connectivity index (χ2v) is 6.43. The first kappa shape index (κ1) is 19.7. The number of likely N-dealkylation sites (tertiary alicyclic amines) is 1. The van der Waals surface area contributed by atoms with Crippen LogP contribution in [0.5, 0.6) is 0 Å². The molecule has 8 nitrogen and oxygen atoms in total. The number of aromatic nitrogens is 3. The SMILES string of the molecule is CCC.CCC1CCCCN1C(=O)C(=O)Nc1cnc(N)c2cn[nH]c12. The van der Waals surface area contributed by atoms with Crippen molar-refractivity contribution in [3.8, 4) is 0 Å². The van der Waals surface area contributed by atoms with Crippen LogP contribution in [0.1, 0.15) is 52.9 Å². The minimum atomic E-state index is -0.659. The van der Waals surface area contributed by atoms with Gasteiger partial charge in [0, 0.05) is 12.6 Å². The molecule has 3 rings (SSSR count). The molecule has 2 aromatic rings. The van der Waals surface area contributed by atoms with Crippen LogP contribution in [0.3, 0.4) is 0 Å². The monoisotopic (exact) mass is 360 g/mol. The molecule has 142 valence electrons. The first-order valence-electron chi connectivity index (χ1n) is 9.22. The van der Waals surface area contributed by atoms with Crippen LogP contribution >= 0.6 is 0 Å². The van der Waals surface area contributed by atoms with E-state index in [0.717, 1.165) is 25.7 Å². The van der Waals surface area contributed by atoms with Crippen molar-refractivity contribution >= 4 is 34.2 Å². The summed E-state index contributed by atoms with van der Waals surface area (Å²) in [6.45, 7) is 6.91. The number of nitrogen functional groups attached to an aromatic ring is 1. The van der Waals surface area contributed by atoms with Gasteiger partial charge in [0.25, 0.3) is 0 Å². The van der Waals surface area contributed by atoms with Crippen molar-refractivity contribution in [3.63, 3.8) is 0 Å². The van der Waals surface area contributed by atoms with E-state index in [1.807, 2.05) is 6.92 Å². The Hall–Kier alpha value is -2.64. The number of aromatic amines is 1. The highest BCUT2D eigenvalue weighted by Crippen LogP contribution is 2.24. The van der Waals surface area contributed by atoms with Gasteiger partial charge in [-0.3, -0.25) is 14.7 Å². The number of pyridine rings is 1. The maximum Gasteiger partial charge on any atom is 0.314 e. The molecule has 0 spiro atoms. The normalized spacial score (nSPS) is 16.7. The molecule has 1 unspecified atom stereocenters. The summed E-state index contributed by atoms with van der Waals surface area (Å²) in [4.78, 5) is 30.5. The molecule has 2 amide bonds. The molecule has 1 atom stereocenters. The maximum atomic E-state index is 12.5. The van der Waals surface area contributed by atoms with Gasteiger partial charge in [-0.1, -0.05) is 27.2 Å². The Morgan fingerprint density at radius 1 is 1.31 bits per heavy atom. The quantitative estimate of drug-likeness (QED) is 0.712. The number of hydrogen-bond donors (Lipinski definition) is 3. The van der Waals surface area contributed by atoms with E-state index in [4.69, 9.17) is 5.73 Å². The van der Waals surface area contributed by atoms with Crippen molar-refractivity contribution in [3.05, 3.63) is 12.4 Å². The number of fused-ring (bicyclic) bond motifs is 1. The number of nitrogens with zero attached hydrogens (tertiary/aromatic N) is 3. The number of H-pyrrole nitrogens is 1. The van der Waals surface area contributed by atoms with Gasteiger partial charge in [0.05, 0.1) is 29.0 Å². The standard InChI is InChI=1S/C15H20N6O2.C3H8/c1-2-9-5-3-4-6-21(9)15(23)14(22)19-11-8-17-13(16)10-7-18-20-12(10)11;1-3-2/h7-9H,2-6H2,1H3,(H2,16,17)(H,18,20)(H,19,22);3H2,1-2H3. The summed E-state index contributed by atoms with van der Waals surface area (Å²) >= 11 is 0. The van der Waals surface area contributed by atoms with Crippen LogP contribution in [0.4, 0.5) is 11.5 Å². The Balaban J connectivity index is 0.000000758. The van der Waals surface area contributed by atoms with Gasteiger partial charge >= 0.3 is 11.8 Å². The first-order valence-corrected chi connectivity index (χ1v) is 9.22. The van der Waals surface area contributed by atoms with E-state index in [1.54, 1.807) is 4.90 Å². The van der Waals surface area contributed by atoms with Crippen LogP contribution in [-0.4, -0.2) is 44.5 Å². The predicted octanol–water partition coefficient (Wildman–Crippen LogP) is 2.69. The number of carbonyl (C=O) groups is 2. The highest BCUT2D eigenvalue weighted by atomic mass is 16.2. The van der Waals surface area contributed by atoms with Crippen LogP contribution in [0, 0.1) is 0 Å². The van der Waals surface area contributed by atoms with Gasteiger partial charge in [-0.25, -0.2) is 4.98 Å². The smallest absolute Gasteiger partial charge is 0.314 e. The zero-order chi connectivity index (χ0) is 19.1. The zero-order valence-corrected chi connectivity index (χ0v) is 15.7. The lowest BCUT2D eigenvalue weighted by atomic mass is 10.00. The third kappa shape index (κ3) is 4.30. The lowest BCUT2D eigenvalue weighted by Crippen LogP contribution is -2.48. The highest BCUT2D eigenvalue weighted by molar-refractivity contribution is 6.40. The van der Waals surface area contributed by atoms with Gasteiger partial charge in [-0.15, -0.1) is 0 Å². The van der Waals surface area contributed by atoms with Crippen LogP contribution in [0.15, 0.2) is 12.4 Å². The van der Waals surface area contributed by atoms with Crippen LogP contribution in [0.25, 0.3) is 10.9 Å². The molecule has 3 heterocycles. The van der Waals surface area contributed by atoms with Gasteiger partial charge in [0.2, 0.25) is 0 Å². The Kier molecular flexibility index (Phi) is 6.94. The number of piperidine rings is 1. The maximum absolute atomic E-state index is 12.5. The topological polar surface area (TPSA) is 117 Å². The number of rotatable bonds is 2. The van der Waals surface area contributed by atoms with Crippen molar-refractivity contribution in [2.45, 2.75) is 58.9 Å². The van der Waals surface area contributed by atoms with E-state index < -0.39 is 11.8 Å². The molecule has 1 aliphatic rings. The Labute approximate surface area is 153 Å². The molecule has 0 aromatic carbocycles. The van der Waals surface area contributed by atoms with Crippen LogP contribution in [0.2, 0.25) is 0 Å². The highest BCUT2D eigenvalue weighted by Gasteiger charge is 2.30. The molecule has 1 fully saturated rings. The minimum absolute atomic E-state index is 0.138. The molecule has 2 aromatic heterocycles. The second kappa shape index (κ2) is 9.17. The first-order chi connectivity index (χ1) is 12.5. The number of nitrogens with one attached hydrogen (secondary N) is 2. The van der Waals surface area contributed by atoms with E-state index in [1.165, 1.54) is 18.8 Å². The van der Waals surface area contributed by atoms with E-state index in [0.29, 0.717) is 29.0 Å². The fourth-order valence-corrected chi connectivity index (χ4v) is 3.05. The molecule has 26 heavy (non-hydrogen) atoms. The molecule has 1 aliphatic heterocycles. The van der Waals surface area contributed by atoms with Crippen molar-refractivity contribution in [2.24, 2.45) is 0 Å². The molecule has 0 bridgehead atoms. The lowest BCUT2D eigenvalue weighted by Gasteiger charge is -2.34. The Morgan fingerprint density at radius 2 is 2.04 bits per heavy atom. The molecule has 4 N–H and O–H groups in total.